The Morgan fingerprint density at radius 3 is 2.29 bits per heavy atom. The van der Waals surface area contributed by atoms with Gasteiger partial charge in [-0.25, -0.2) is 18.4 Å². The van der Waals surface area contributed by atoms with E-state index in [0.29, 0.717) is 31.2 Å². The number of carbonyl (C=O) groups is 1. The Hall–Kier alpha value is -1.50. The third-order valence-corrected chi connectivity index (χ3v) is 7.26. The second kappa shape index (κ2) is 5.36. The standard InChI is InChI=1S/C14H18N2O4S/c1-20-14-15-7-10(8-16-14)13(17)9-5-11-3-2-4-12(6-9)21(11,18)19/h7-9,11-12H,2-6H2,1H3. The molecule has 114 valence electrons. The predicted octanol–water partition coefficient (Wildman–Crippen LogP) is 1.41. The largest absolute Gasteiger partial charge is 0.467 e. The van der Waals surface area contributed by atoms with Crippen molar-refractivity contribution in [1.29, 1.82) is 0 Å². The van der Waals surface area contributed by atoms with Crippen molar-refractivity contribution in [2.45, 2.75) is 42.6 Å². The predicted molar refractivity (Wildman–Crippen MR) is 76.0 cm³/mol. The van der Waals surface area contributed by atoms with Crippen LogP contribution in [0, 0.1) is 5.92 Å². The molecule has 21 heavy (non-hydrogen) atoms. The van der Waals surface area contributed by atoms with E-state index in [1.807, 2.05) is 0 Å². The SMILES string of the molecule is COc1ncc(C(=O)C2CC3CCCC(C2)S3(=O)=O)cn1. The average Bonchev–Trinajstić information content (AvgIpc) is 2.45. The molecule has 2 aliphatic heterocycles. The summed E-state index contributed by atoms with van der Waals surface area (Å²) in [5, 5.41) is -0.698. The summed E-state index contributed by atoms with van der Waals surface area (Å²) in [6.07, 6.45) is 6.08. The maximum atomic E-state index is 12.5. The summed E-state index contributed by atoms with van der Waals surface area (Å²) in [4.78, 5) is 20.4. The van der Waals surface area contributed by atoms with Gasteiger partial charge in [0.05, 0.1) is 23.2 Å². The molecular formula is C14H18N2O4S. The maximum Gasteiger partial charge on any atom is 0.316 e. The van der Waals surface area contributed by atoms with Crippen LogP contribution in [0.25, 0.3) is 0 Å². The first-order valence-corrected chi connectivity index (χ1v) is 8.76. The fourth-order valence-corrected chi connectivity index (χ4v) is 5.94. The van der Waals surface area contributed by atoms with Gasteiger partial charge in [0.15, 0.2) is 15.6 Å². The number of ketones is 1. The molecule has 7 heteroatoms. The molecule has 6 nitrogen and oxygen atoms in total. The quantitative estimate of drug-likeness (QED) is 0.785. The van der Waals surface area contributed by atoms with E-state index in [-0.39, 0.29) is 28.2 Å². The number of rotatable bonds is 3. The van der Waals surface area contributed by atoms with Crippen molar-refractivity contribution in [2.24, 2.45) is 5.92 Å². The van der Waals surface area contributed by atoms with Gasteiger partial charge in [0.25, 0.3) is 0 Å². The zero-order valence-electron chi connectivity index (χ0n) is 11.9. The highest BCUT2D eigenvalue weighted by molar-refractivity contribution is 7.92. The van der Waals surface area contributed by atoms with Crippen molar-refractivity contribution in [2.75, 3.05) is 7.11 Å². The van der Waals surface area contributed by atoms with Crippen LogP contribution >= 0.6 is 0 Å². The van der Waals surface area contributed by atoms with Gasteiger partial charge in [0.2, 0.25) is 0 Å². The van der Waals surface area contributed by atoms with Crippen molar-refractivity contribution in [3.8, 4) is 6.01 Å². The van der Waals surface area contributed by atoms with Gasteiger partial charge in [0, 0.05) is 18.3 Å². The van der Waals surface area contributed by atoms with E-state index < -0.39 is 9.84 Å². The summed E-state index contributed by atoms with van der Waals surface area (Å²) in [7, 11) is -1.57. The van der Waals surface area contributed by atoms with Crippen LogP contribution in [0.1, 0.15) is 42.5 Å². The molecule has 0 N–H and O–H groups in total. The Bertz CT molecular complexity index is 621. The van der Waals surface area contributed by atoms with Crippen molar-refractivity contribution < 1.29 is 17.9 Å². The highest BCUT2D eigenvalue weighted by Crippen LogP contribution is 2.40. The highest BCUT2D eigenvalue weighted by Gasteiger charge is 2.46. The van der Waals surface area contributed by atoms with Gasteiger partial charge in [-0.05, 0) is 25.7 Å². The topological polar surface area (TPSA) is 86.2 Å². The number of hydrogen-bond donors (Lipinski definition) is 0. The van der Waals surface area contributed by atoms with Gasteiger partial charge in [-0.3, -0.25) is 4.79 Å². The van der Waals surface area contributed by atoms with E-state index in [9.17, 15) is 13.2 Å². The summed E-state index contributed by atoms with van der Waals surface area (Å²) >= 11 is 0. The number of fused-ring (bicyclic) bond motifs is 2. The van der Waals surface area contributed by atoms with Gasteiger partial charge >= 0.3 is 6.01 Å². The number of sulfone groups is 1. The molecule has 3 rings (SSSR count). The van der Waals surface area contributed by atoms with Crippen LogP contribution < -0.4 is 4.74 Å². The van der Waals surface area contributed by atoms with Gasteiger partial charge in [0.1, 0.15) is 0 Å². The number of ether oxygens (including phenoxy) is 1. The molecule has 2 fully saturated rings. The van der Waals surface area contributed by atoms with Gasteiger partial charge in [-0.15, -0.1) is 0 Å². The first kappa shape index (κ1) is 14.4. The van der Waals surface area contributed by atoms with E-state index in [1.165, 1.54) is 19.5 Å². The Morgan fingerprint density at radius 1 is 1.19 bits per heavy atom. The molecule has 0 aliphatic carbocycles. The van der Waals surface area contributed by atoms with E-state index in [1.54, 1.807) is 0 Å². The number of methoxy groups -OCH3 is 1. The summed E-state index contributed by atoms with van der Waals surface area (Å²) in [6, 6.07) is 0.217. The summed E-state index contributed by atoms with van der Waals surface area (Å²) < 4.78 is 29.3. The van der Waals surface area contributed by atoms with E-state index in [0.717, 1.165) is 6.42 Å². The van der Waals surface area contributed by atoms with E-state index >= 15 is 0 Å². The van der Waals surface area contributed by atoms with Crippen LogP contribution in [-0.2, 0) is 9.84 Å². The fraction of sp³-hybridized carbons (Fsp3) is 0.643. The zero-order valence-corrected chi connectivity index (χ0v) is 12.7. The Kier molecular flexibility index (Phi) is 3.69. The van der Waals surface area contributed by atoms with Gasteiger partial charge in [-0.1, -0.05) is 6.42 Å². The zero-order chi connectivity index (χ0) is 15.0. The normalized spacial score (nSPS) is 30.6. The third-order valence-electron chi connectivity index (χ3n) is 4.54. The molecule has 1 aromatic heterocycles. The maximum absolute atomic E-state index is 12.5. The van der Waals surface area contributed by atoms with E-state index in [2.05, 4.69) is 9.97 Å². The first-order chi connectivity index (χ1) is 10.0. The number of aromatic nitrogens is 2. The molecular weight excluding hydrogens is 292 g/mol. The van der Waals surface area contributed by atoms with Crippen LogP contribution in [0.4, 0.5) is 0 Å². The van der Waals surface area contributed by atoms with Crippen LogP contribution in [-0.4, -0.2) is 41.8 Å². The fourth-order valence-electron chi connectivity index (χ4n) is 3.41. The molecule has 0 aromatic carbocycles. The molecule has 1 aromatic rings. The lowest BCUT2D eigenvalue weighted by Gasteiger charge is -2.38. The minimum absolute atomic E-state index is 0.0514. The molecule has 2 bridgehead atoms. The Morgan fingerprint density at radius 2 is 1.76 bits per heavy atom. The van der Waals surface area contributed by atoms with Crippen LogP contribution in [0.5, 0.6) is 6.01 Å². The van der Waals surface area contributed by atoms with Crippen molar-refractivity contribution in [1.82, 2.24) is 9.97 Å². The first-order valence-electron chi connectivity index (χ1n) is 7.15. The average molecular weight is 310 g/mol. The third kappa shape index (κ3) is 2.54. The van der Waals surface area contributed by atoms with Crippen LogP contribution in [0.2, 0.25) is 0 Å². The molecule has 2 aliphatic rings. The molecule has 3 heterocycles. The monoisotopic (exact) mass is 310 g/mol. The minimum Gasteiger partial charge on any atom is -0.467 e. The summed E-state index contributed by atoms with van der Waals surface area (Å²) in [5.74, 6) is -0.287. The molecule has 2 saturated heterocycles. The van der Waals surface area contributed by atoms with Crippen LogP contribution in [0.3, 0.4) is 0 Å². The Balaban J connectivity index is 1.80. The van der Waals surface area contributed by atoms with Crippen molar-refractivity contribution in [3.05, 3.63) is 18.0 Å². The molecule has 0 saturated carbocycles. The van der Waals surface area contributed by atoms with Gasteiger partial charge < -0.3 is 4.74 Å². The molecule has 0 spiro atoms. The number of carbonyl (C=O) groups excluding carboxylic acids is 1. The lowest BCUT2D eigenvalue weighted by atomic mass is 9.85. The van der Waals surface area contributed by atoms with Crippen molar-refractivity contribution >= 4 is 15.6 Å². The molecule has 2 unspecified atom stereocenters. The number of nitrogens with zero attached hydrogens (tertiary/aromatic N) is 2. The lowest BCUT2D eigenvalue weighted by molar-refractivity contribution is 0.0893. The Labute approximate surface area is 123 Å². The highest BCUT2D eigenvalue weighted by atomic mass is 32.2. The lowest BCUT2D eigenvalue weighted by Crippen LogP contribution is -2.45. The minimum atomic E-state index is -3.03. The second-order valence-corrected chi connectivity index (χ2v) is 8.27. The van der Waals surface area contributed by atoms with Crippen molar-refractivity contribution in [3.63, 3.8) is 0 Å². The smallest absolute Gasteiger partial charge is 0.316 e. The second-order valence-electron chi connectivity index (χ2n) is 5.75. The number of Topliss-reactive ketones (excluding diaryl/α,β-unsaturated/α-hetero) is 1. The molecule has 0 radical (unpaired) electrons. The number of hydrogen-bond acceptors (Lipinski definition) is 6. The van der Waals surface area contributed by atoms with Crippen LogP contribution in [0.15, 0.2) is 12.4 Å². The molecule has 0 amide bonds. The van der Waals surface area contributed by atoms with E-state index in [4.69, 9.17) is 4.74 Å². The molecule has 2 atom stereocenters. The summed E-state index contributed by atoms with van der Waals surface area (Å²) in [5.41, 5.74) is 0.429. The summed E-state index contributed by atoms with van der Waals surface area (Å²) in [6.45, 7) is 0. The van der Waals surface area contributed by atoms with Gasteiger partial charge in [-0.2, -0.15) is 0 Å².